The fourth-order valence-corrected chi connectivity index (χ4v) is 4.99. The Morgan fingerprint density at radius 3 is 2.59 bits per heavy atom. The van der Waals surface area contributed by atoms with Gasteiger partial charge in [0.05, 0.1) is 6.04 Å². The molecule has 2 fully saturated rings. The van der Waals surface area contributed by atoms with Crippen LogP contribution in [-0.2, 0) is 9.59 Å². The number of carbonyl (C=O) groups is 3. The van der Waals surface area contributed by atoms with Crippen molar-refractivity contribution in [1.29, 1.82) is 0 Å². The van der Waals surface area contributed by atoms with Crippen molar-refractivity contribution in [3.63, 3.8) is 0 Å². The van der Waals surface area contributed by atoms with Crippen molar-refractivity contribution in [1.82, 2.24) is 15.5 Å². The van der Waals surface area contributed by atoms with E-state index in [0.717, 1.165) is 28.2 Å². The highest BCUT2D eigenvalue weighted by Gasteiger charge is 2.52. The van der Waals surface area contributed by atoms with Gasteiger partial charge < -0.3 is 10.6 Å². The van der Waals surface area contributed by atoms with E-state index in [1.165, 1.54) is 0 Å². The minimum Gasteiger partial charge on any atom is -0.343 e. The molecule has 4 amide bonds. The molecular weight excluding hydrogens is 386 g/mol. The van der Waals surface area contributed by atoms with Crippen LogP contribution in [0.1, 0.15) is 49.1 Å². The fourth-order valence-electron chi connectivity index (χ4n) is 4.18. The minimum absolute atomic E-state index is 0.267. The highest BCUT2D eigenvalue weighted by molar-refractivity contribution is 7.10. The highest BCUT2D eigenvalue weighted by Crippen LogP contribution is 2.36. The fraction of sp³-hybridized carbons (Fsp3) is 0.409. The largest absolute Gasteiger partial charge is 0.343 e. The third kappa shape index (κ3) is 3.92. The Hall–Kier alpha value is -2.67. The zero-order chi connectivity index (χ0) is 20.4. The van der Waals surface area contributed by atoms with Crippen LogP contribution in [-0.4, -0.2) is 34.8 Å². The van der Waals surface area contributed by atoms with Gasteiger partial charge in [-0.15, -0.1) is 11.3 Å². The summed E-state index contributed by atoms with van der Waals surface area (Å²) in [6.07, 6.45) is 3.08. The summed E-state index contributed by atoms with van der Waals surface area (Å²) in [5.41, 5.74) is 0.134. The number of nitrogens with zero attached hydrogens (tertiary/aromatic N) is 1. The first-order valence-electron chi connectivity index (χ1n) is 10.0. The van der Waals surface area contributed by atoms with Gasteiger partial charge in [0, 0.05) is 4.88 Å². The second-order valence-corrected chi connectivity index (χ2v) is 8.99. The van der Waals surface area contributed by atoms with Crippen molar-refractivity contribution in [3.05, 3.63) is 58.3 Å². The molecule has 0 unspecified atom stereocenters. The summed E-state index contributed by atoms with van der Waals surface area (Å²) >= 11 is 1.55. The van der Waals surface area contributed by atoms with Gasteiger partial charge >= 0.3 is 6.03 Å². The molecule has 1 aromatic carbocycles. The Kier molecular flexibility index (Phi) is 5.41. The normalized spacial score (nSPS) is 25.1. The van der Waals surface area contributed by atoms with Gasteiger partial charge in [-0.25, -0.2) is 4.79 Å². The average molecular weight is 412 g/mol. The van der Waals surface area contributed by atoms with Crippen LogP contribution in [0.3, 0.4) is 0 Å². The molecule has 152 valence electrons. The molecule has 1 atom stereocenters. The smallest absolute Gasteiger partial charge is 0.325 e. The summed E-state index contributed by atoms with van der Waals surface area (Å²) < 4.78 is 0. The van der Waals surface area contributed by atoms with E-state index in [4.69, 9.17) is 0 Å². The van der Waals surface area contributed by atoms with Crippen LogP contribution in [0.15, 0.2) is 47.8 Å². The third-order valence-corrected chi connectivity index (χ3v) is 6.88. The maximum atomic E-state index is 13.0. The molecule has 2 aromatic rings. The highest BCUT2D eigenvalue weighted by atomic mass is 32.1. The SMILES string of the molecule is CC1CCC2(CC1)NC(=O)N(CC(=O)N[C@H](c1ccccc1)c1cccs1)C2=O. The van der Waals surface area contributed by atoms with Gasteiger partial charge in [-0.05, 0) is 48.6 Å². The molecule has 29 heavy (non-hydrogen) atoms. The van der Waals surface area contributed by atoms with E-state index in [1.54, 1.807) is 11.3 Å². The Morgan fingerprint density at radius 2 is 1.93 bits per heavy atom. The molecule has 1 aromatic heterocycles. The zero-order valence-corrected chi connectivity index (χ0v) is 17.2. The van der Waals surface area contributed by atoms with E-state index in [2.05, 4.69) is 17.6 Å². The zero-order valence-electron chi connectivity index (χ0n) is 16.4. The van der Waals surface area contributed by atoms with E-state index in [0.29, 0.717) is 18.8 Å². The first-order chi connectivity index (χ1) is 14.0. The molecule has 2 N–H and O–H groups in total. The minimum atomic E-state index is -0.823. The number of hydrogen-bond donors (Lipinski definition) is 2. The number of hydrogen-bond acceptors (Lipinski definition) is 4. The first kappa shape index (κ1) is 19.6. The average Bonchev–Trinajstić information content (AvgIpc) is 3.33. The second-order valence-electron chi connectivity index (χ2n) is 8.01. The van der Waals surface area contributed by atoms with Crippen LogP contribution in [0.4, 0.5) is 4.79 Å². The number of carbonyl (C=O) groups excluding carboxylic acids is 3. The van der Waals surface area contributed by atoms with E-state index in [1.807, 2.05) is 47.8 Å². The van der Waals surface area contributed by atoms with Crippen LogP contribution in [0.5, 0.6) is 0 Å². The first-order valence-corrected chi connectivity index (χ1v) is 10.9. The van der Waals surface area contributed by atoms with Crippen molar-refractivity contribution in [2.24, 2.45) is 5.92 Å². The van der Waals surface area contributed by atoms with Crippen LogP contribution < -0.4 is 10.6 Å². The molecule has 1 saturated heterocycles. The lowest BCUT2D eigenvalue weighted by Gasteiger charge is -2.33. The number of nitrogens with one attached hydrogen (secondary N) is 2. The molecule has 1 aliphatic heterocycles. The molecular formula is C22H25N3O3S. The lowest BCUT2D eigenvalue weighted by atomic mass is 9.77. The molecule has 1 spiro atoms. The molecule has 2 aliphatic rings. The summed E-state index contributed by atoms with van der Waals surface area (Å²) in [4.78, 5) is 40.3. The molecule has 0 bridgehead atoms. The lowest BCUT2D eigenvalue weighted by Crippen LogP contribution is -2.50. The summed E-state index contributed by atoms with van der Waals surface area (Å²) in [7, 11) is 0. The standard InChI is InChI=1S/C22H25N3O3S/c1-15-9-11-22(12-10-15)20(27)25(21(28)24-22)14-18(26)23-19(17-8-5-13-29-17)16-6-3-2-4-7-16/h2-8,13,15,19H,9-12,14H2,1H3,(H,23,26)(H,24,28)/t15?,19-,22?/m1/s1. The maximum Gasteiger partial charge on any atom is 0.325 e. The second kappa shape index (κ2) is 7.99. The van der Waals surface area contributed by atoms with Gasteiger partial charge in [-0.1, -0.05) is 43.3 Å². The topological polar surface area (TPSA) is 78.5 Å². The third-order valence-electron chi connectivity index (χ3n) is 5.94. The molecule has 4 rings (SSSR count). The number of imide groups is 1. The Labute approximate surface area is 174 Å². The number of rotatable bonds is 5. The van der Waals surface area contributed by atoms with Crippen molar-refractivity contribution >= 4 is 29.2 Å². The number of amides is 4. The summed E-state index contributed by atoms with van der Waals surface area (Å²) in [5, 5.41) is 7.83. The summed E-state index contributed by atoms with van der Waals surface area (Å²) in [6, 6.07) is 12.8. The molecule has 2 heterocycles. The van der Waals surface area contributed by atoms with Crippen LogP contribution in [0, 0.1) is 5.92 Å². The maximum absolute atomic E-state index is 13.0. The molecule has 1 saturated carbocycles. The quantitative estimate of drug-likeness (QED) is 0.740. The van der Waals surface area contributed by atoms with Gasteiger partial charge in [0.2, 0.25) is 5.91 Å². The van der Waals surface area contributed by atoms with Gasteiger partial charge in [-0.2, -0.15) is 0 Å². The van der Waals surface area contributed by atoms with Crippen molar-refractivity contribution < 1.29 is 14.4 Å². The van der Waals surface area contributed by atoms with Gasteiger partial charge in [-0.3, -0.25) is 14.5 Å². The Balaban J connectivity index is 1.47. The van der Waals surface area contributed by atoms with E-state index >= 15 is 0 Å². The molecule has 0 radical (unpaired) electrons. The number of benzene rings is 1. The summed E-state index contributed by atoms with van der Waals surface area (Å²) in [5.74, 6) is -0.0611. The molecule has 7 heteroatoms. The monoisotopic (exact) mass is 411 g/mol. The van der Waals surface area contributed by atoms with Gasteiger partial charge in [0.1, 0.15) is 12.1 Å². The number of thiophene rings is 1. The Bertz CT molecular complexity index is 889. The Morgan fingerprint density at radius 1 is 1.21 bits per heavy atom. The molecule has 6 nitrogen and oxygen atoms in total. The van der Waals surface area contributed by atoms with Crippen molar-refractivity contribution in [2.75, 3.05) is 6.54 Å². The van der Waals surface area contributed by atoms with Gasteiger partial charge in [0.15, 0.2) is 0 Å². The number of urea groups is 1. The predicted molar refractivity (Wildman–Crippen MR) is 111 cm³/mol. The van der Waals surface area contributed by atoms with Crippen molar-refractivity contribution in [3.8, 4) is 0 Å². The van der Waals surface area contributed by atoms with Crippen LogP contribution in [0.25, 0.3) is 0 Å². The summed E-state index contributed by atoms with van der Waals surface area (Å²) in [6.45, 7) is 1.89. The van der Waals surface area contributed by atoms with Crippen LogP contribution in [0.2, 0.25) is 0 Å². The van der Waals surface area contributed by atoms with Crippen LogP contribution >= 0.6 is 11.3 Å². The van der Waals surface area contributed by atoms with E-state index < -0.39 is 11.6 Å². The predicted octanol–water partition coefficient (Wildman–Crippen LogP) is 3.45. The van der Waals surface area contributed by atoms with E-state index in [-0.39, 0.29) is 24.4 Å². The molecule has 1 aliphatic carbocycles. The lowest BCUT2D eigenvalue weighted by molar-refractivity contribution is -0.136. The van der Waals surface area contributed by atoms with E-state index in [9.17, 15) is 14.4 Å². The van der Waals surface area contributed by atoms with Gasteiger partial charge in [0.25, 0.3) is 5.91 Å². The van der Waals surface area contributed by atoms with Crippen molar-refractivity contribution in [2.45, 2.75) is 44.2 Å².